The van der Waals surface area contributed by atoms with Gasteiger partial charge in [0.2, 0.25) is 5.78 Å². The Morgan fingerprint density at radius 3 is 2.61 bits per heavy atom. The summed E-state index contributed by atoms with van der Waals surface area (Å²) >= 11 is 0. The number of Topliss-reactive ketones (excluding diaryl/α,β-unsaturated/α-hetero) is 1. The number of hydrogen-bond donors (Lipinski definition) is 1. The van der Waals surface area contributed by atoms with Crippen molar-refractivity contribution >= 4 is 17.5 Å². The molecular weight excluding hydrogens is 296 g/mol. The zero-order chi connectivity index (χ0) is 17.0. The van der Waals surface area contributed by atoms with Crippen molar-refractivity contribution < 1.29 is 19.1 Å². The van der Waals surface area contributed by atoms with Gasteiger partial charge in [0, 0.05) is 23.9 Å². The fourth-order valence-electron chi connectivity index (χ4n) is 2.33. The number of carbonyl (C=O) groups excluding carboxylic acids is 3. The van der Waals surface area contributed by atoms with E-state index in [2.05, 4.69) is 10.3 Å². The van der Waals surface area contributed by atoms with Gasteiger partial charge >= 0.3 is 0 Å². The van der Waals surface area contributed by atoms with E-state index in [1.807, 2.05) is 13.8 Å². The van der Waals surface area contributed by atoms with Gasteiger partial charge in [-0.2, -0.15) is 0 Å². The molecule has 0 atom stereocenters. The number of nitrogens with zero attached hydrogens (tertiary/aromatic N) is 1. The van der Waals surface area contributed by atoms with E-state index in [0.29, 0.717) is 5.57 Å². The lowest BCUT2D eigenvalue weighted by Crippen LogP contribution is -2.32. The summed E-state index contributed by atoms with van der Waals surface area (Å²) in [6, 6.07) is 4.96. The maximum absolute atomic E-state index is 12.4. The quantitative estimate of drug-likeness (QED) is 0.831. The van der Waals surface area contributed by atoms with E-state index in [9.17, 15) is 14.4 Å². The van der Waals surface area contributed by atoms with Gasteiger partial charge in [-0.1, -0.05) is 19.9 Å². The molecule has 6 heteroatoms. The first-order valence-electron chi connectivity index (χ1n) is 7.22. The third-order valence-corrected chi connectivity index (χ3v) is 3.43. The molecule has 1 amide bonds. The monoisotopic (exact) mass is 314 g/mol. The van der Waals surface area contributed by atoms with Crippen molar-refractivity contribution in [3.05, 3.63) is 53.1 Å². The first-order chi connectivity index (χ1) is 11.0. The lowest BCUT2D eigenvalue weighted by atomic mass is 9.88. The summed E-state index contributed by atoms with van der Waals surface area (Å²) in [7, 11) is 1.36. The van der Waals surface area contributed by atoms with E-state index in [-0.39, 0.29) is 41.1 Å². The Hall–Kier alpha value is -2.76. The summed E-state index contributed by atoms with van der Waals surface area (Å²) in [6.45, 7) is 3.58. The SMILES string of the molecule is COC1=C(C(C)C)C(=O)C=C(CNC(=O)c2ccccn2)C1=O. The Balaban J connectivity index is 2.13. The van der Waals surface area contributed by atoms with Gasteiger partial charge in [-0.3, -0.25) is 19.4 Å². The van der Waals surface area contributed by atoms with E-state index in [4.69, 9.17) is 4.74 Å². The van der Waals surface area contributed by atoms with Crippen molar-refractivity contribution in [1.29, 1.82) is 0 Å². The molecule has 1 heterocycles. The second-order valence-electron chi connectivity index (χ2n) is 5.36. The average molecular weight is 314 g/mol. The van der Waals surface area contributed by atoms with Crippen molar-refractivity contribution in [2.75, 3.05) is 13.7 Å². The van der Waals surface area contributed by atoms with Crippen molar-refractivity contribution in [3.8, 4) is 0 Å². The molecule has 1 aliphatic carbocycles. The van der Waals surface area contributed by atoms with Gasteiger partial charge in [0.15, 0.2) is 11.5 Å². The Bertz CT molecular complexity index is 703. The fourth-order valence-corrected chi connectivity index (χ4v) is 2.33. The molecule has 1 aliphatic rings. The summed E-state index contributed by atoms with van der Waals surface area (Å²) in [5.41, 5.74) is 0.797. The molecule has 0 fully saturated rings. The van der Waals surface area contributed by atoms with E-state index in [1.54, 1.807) is 18.2 Å². The summed E-state index contributed by atoms with van der Waals surface area (Å²) in [6.07, 6.45) is 2.77. The summed E-state index contributed by atoms with van der Waals surface area (Å²) in [5, 5.41) is 2.59. The van der Waals surface area contributed by atoms with Crippen LogP contribution in [0.3, 0.4) is 0 Å². The number of nitrogens with one attached hydrogen (secondary N) is 1. The number of rotatable bonds is 5. The molecule has 0 unspecified atom stereocenters. The normalized spacial score (nSPS) is 14.9. The molecule has 0 radical (unpaired) electrons. The lowest BCUT2D eigenvalue weighted by molar-refractivity contribution is -0.118. The number of hydrogen-bond acceptors (Lipinski definition) is 5. The predicted molar refractivity (Wildman–Crippen MR) is 83.5 cm³/mol. The van der Waals surface area contributed by atoms with Gasteiger partial charge < -0.3 is 10.1 Å². The van der Waals surface area contributed by atoms with Gasteiger partial charge in [-0.25, -0.2) is 0 Å². The van der Waals surface area contributed by atoms with Crippen molar-refractivity contribution in [3.63, 3.8) is 0 Å². The molecule has 0 spiro atoms. The van der Waals surface area contributed by atoms with Crippen LogP contribution < -0.4 is 5.32 Å². The molecule has 6 nitrogen and oxygen atoms in total. The van der Waals surface area contributed by atoms with Gasteiger partial charge in [-0.05, 0) is 24.1 Å². The lowest BCUT2D eigenvalue weighted by Gasteiger charge is -2.20. The number of ketones is 2. The minimum Gasteiger partial charge on any atom is -0.492 e. The van der Waals surface area contributed by atoms with E-state index in [0.717, 1.165) is 0 Å². The Morgan fingerprint density at radius 1 is 1.30 bits per heavy atom. The highest BCUT2D eigenvalue weighted by atomic mass is 16.5. The third-order valence-electron chi connectivity index (χ3n) is 3.43. The highest BCUT2D eigenvalue weighted by molar-refractivity contribution is 6.22. The van der Waals surface area contributed by atoms with Crippen molar-refractivity contribution in [2.24, 2.45) is 5.92 Å². The van der Waals surface area contributed by atoms with Crippen LogP contribution in [0.4, 0.5) is 0 Å². The van der Waals surface area contributed by atoms with Crippen LogP contribution >= 0.6 is 0 Å². The molecule has 0 saturated carbocycles. The first-order valence-corrected chi connectivity index (χ1v) is 7.22. The molecular formula is C17H18N2O4. The molecule has 1 aromatic heterocycles. The van der Waals surface area contributed by atoms with E-state index in [1.165, 1.54) is 19.4 Å². The Morgan fingerprint density at radius 2 is 2.04 bits per heavy atom. The predicted octanol–water partition coefficient (Wildman–Crippen LogP) is 1.45. The van der Waals surface area contributed by atoms with E-state index < -0.39 is 5.91 Å². The standard InChI is InChI=1S/C17H18N2O4/c1-10(2)14-13(20)8-11(15(21)16(14)23-3)9-19-17(22)12-6-4-5-7-18-12/h4-8,10H,9H2,1-3H3,(H,19,22). The van der Waals surface area contributed by atoms with Gasteiger partial charge in [0.1, 0.15) is 5.69 Å². The molecule has 1 N–H and O–H groups in total. The third kappa shape index (κ3) is 3.53. The molecule has 23 heavy (non-hydrogen) atoms. The van der Waals surface area contributed by atoms with Crippen LogP contribution in [0, 0.1) is 5.92 Å². The molecule has 0 saturated heterocycles. The molecule has 1 aromatic rings. The van der Waals surface area contributed by atoms with Crippen LogP contribution in [-0.2, 0) is 14.3 Å². The van der Waals surface area contributed by atoms with Crippen LogP contribution in [0.2, 0.25) is 0 Å². The van der Waals surface area contributed by atoms with Crippen molar-refractivity contribution in [1.82, 2.24) is 10.3 Å². The smallest absolute Gasteiger partial charge is 0.270 e. The Kier molecular flexibility index (Phi) is 5.05. The number of amides is 1. The van der Waals surface area contributed by atoms with E-state index >= 15 is 0 Å². The van der Waals surface area contributed by atoms with Gasteiger partial charge in [0.05, 0.1) is 7.11 Å². The maximum atomic E-state index is 12.4. The Labute approximate surface area is 134 Å². The van der Waals surface area contributed by atoms with Gasteiger partial charge in [-0.15, -0.1) is 0 Å². The van der Waals surface area contributed by atoms with Crippen LogP contribution in [0.5, 0.6) is 0 Å². The fraction of sp³-hybridized carbons (Fsp3) is 0.294. The summed E-state index contributed by atoms with van der Waals surface area (Å²) < 4.78 is 5.11. The minimum atomic E-state index is -0.413. The summed E-state index contributed by atoms with van der Waals surface area (Å²) in [4.78, 5) is 40.5. The second kappa shape index (κ2) is 7.00. The number of methoxy groups -OCH3 is 1. The number of pyridine rings is 1. The minimum absolute atomic E-state index is 0.0505. The average Bonchev–Trinajstić information content (AvgIpc) is 2.54. The zero-order valence-electron chi connectivity index (χ0n) is 13.3. The van der Waals surface area contributed by atoms with Gasteiger partial charge in [0.25, 0.3) is 5.91 Å². The first kappa shape index (κ1) is 16.6. The number of aromatic nitrogens is 1. The van der Waals surface area contributed by atoms with Crippen LogP contribution in [0.1, 0.15) is 24.3 Å². The second-order valence-corrected chi connectivity index (χ2v) is 5.36. The maximum Gasteiger partial charge on any atom is 0.270 e. The molecule has 120 valence electrons. The highest BCUT2D eigenvalue weighted by Crippen LogP contribution is 2.25. The van der Waals surface area contributed by atoms with Crippen LogP contribution in [0.25, 0.3) is 0 Å². The number of ether oxygens (including phenoxy) is 1. The number of carbonyl (C=O) groups is 3. The largest absolute Gasteiger partial charge is 0.492 e. The topological polar surface area (TPSA) is 85.4 Å². The van der Waals surface area contributed by atoms with Crippen LogP contribution in [0.15, 0.2) is 47.4 Å². The highest BCUT2D eigenvalue weighted by Gasteiger charge is 2.31. The van der Waals surface area contributed by atoms with Crippen LogP contribution in [-0.4, -0.2) is 36.1 Å². The molecule has 0 aromatic carbocycles. The number of allylic oxidation sites excluding steroid dienone is 3. The molecule has 0 aliphatic heterocycles. The van der Waals surface area contributed by atoms with Crippen molar-refractivity contribution in [2.45, 2.75) is 13.8 Å². The summed E-state index contributed by atoms with van der Waals surface area (Å²) in [5.74, 6) is -1.13. The zero-order valence-corrected chi connectivity index (χ0v) is 13.3. The molecule has 2 rings (SSSR count). The molecule has 0 bridgehead atoms.